The molecule has 0 aliphatic heterocycles. The van der Waals surface area contributed by atoms with Gasteiger partial charge in [-0.2, -0.15) is 0 Å². The van der Waals surface area contributed by atoms with Gasteiger partial charge in [-0.25, -0.2) is 9.97 Å². The van der Waals surface area contributed by atoms with E-state index in [9.17, 15) is 4.79 Å². The van der Waals surface area contributed by atoms with Gasteiger partial charge >= 0.3 is 0 Å². The van der Waals surface area contributed by atoms with Crippen LogP contribution in [0.25, 0.3) is 28.0 Å². The van der Waals surface area contributed by atoms with E-state index >= 15 is 0 Å². The van der Waals surface area contributed by atoms with E-state index in [4.69, 9.17) is 33.3 Å². The Kier molecular flexibility index (Phi) is 7.47. The summed E-state index contributed by atoms with van der Waals surface area (Å²) < 4.78 is 29.5. The minimum Gasteiger partial charge on any atom is -0.497 e. The molecular formula is C29H27N3O6S. The van der Waals surface area contributed by atoms with E-state index in [-0.39, 0.29) is 5.56 Å². The maximum Gasteiger partial charge on any atom is 0.266 e. The first-order valence-corrected chi connectivity index (χ1v) is 13.0. The van der Waals surface area contributed by atoms with Crippen LogP contribution in [0.2, 0.25) is 0 Å². The molecule has 0 saturated heterocycles. The van der Waals surface area contributed by atoms with Crippen molar-refractivity contribution >= 4 is 22.7 Å². The van der Waals surface area contributed by atoms with Gasteiger partial charge in [0.1, 0.15) is 17.3 Å². The van der Waals surface area contributed by atoms with Gasteiger partial charge < -0.3 is 23.4 Å². The molecule has 0 amide bonds. The van der Waals surface area contributed by atoms with Crippen LogP contribution in [0.1, 0.15) is 11.5 Å². The first kappa shape index (κ1) is 26.2. The summed E-state index contributed by atoms with van der Waals surface area (Å²) in [5, 5.41) is 1.01. The van der Waals surface area contributed by atoms with Crippen LogP contribution in [0.3, 0.4) is 0 Å². The summed E-state index contributed by atoms with van der Waals surface area (Å²) in [5.41, 5.74) is 2.39. The second kappa shape index (κ2) is 11.1. The molecule has 0 aliphatic rings. The largest absolute Gasteiger partial charge is 0.497 e. The number of methoxy groups -OCH3 is 4. The second-order valence-corrected chi connectivity index (χ2v) is 9.42. The highest BCUT2D eigenvalue weighted by molar-refractivity contribution is 7.98. The van der Waals surface area contributed by atoms with Crippen molar-refractivity contribution in [2.45, 2.75) is 17.8 Å². The zero-order valence-electron chi connectivity index (χ0n) is 22.2. The van der Waals surface area contributed by atoms with Crippen LogP contribution in [0.4, 0.5) is 0 Å². The molecule has 0 atom stereocenters. The monoisotopic (exact) mass is 545 g/mol. The van der Waals surface area contributed by atoms with E-state index in [1.807, 2.05) is 43.3 Å². The normalized spacial score (nSPS) is 11.0. The lowest BCUT2D eigenvalue weighted by molar-refractivity contribution is 0.355. The SMILES string of the molecule is COc1cc(OC)cc(-n2c(SCc3nc(-c4cccc(OC)c4OC)oc3C)nc3ccccc3c2=O)c1. The molecule has 0 saturated carbocycles. The lowest BCUT2D eigenvalue weighted by atomic mass is 10.2. The Morgan fingerprint density at radius 1 is 0.872 bits per heavy atom. The summed E-state index contributed by atoms with van der Waals surface area (Å²) >= 11 is 1.38. The number of aromatic nitrogens is 3. The van der Waals surface area contributed by atoms with Crippen molar-refractivity contribution in [2.75, 3.05) is 28.4 Å². The number of aryl methyl sites for hydroxylation is 1. The molecule has 39 heavy (non-hydrogen) atoms. The van der Waals surface area contributed by atoms with Crippen LogP contribution in [-0.4, -0.2) is 43.0 Å². The zero-order chi connectivity index (χ0) is 27.5. The number of benzene rings is 3. The molecule has 3 aromatic carbocycles. The second-order valence-electron chi connectivity index (χ2n) is 8.47. The molecule has 10 heteroatoms. The molecule has 2 heterocycles. The molecule has 5 rings (SSSR count). The molecular weight excluding hydrogens is 518 g/mol. The van der Waals surface area contributed by atoms with Crippen LogP contribution in [-0.2, 0) is 5.75 Å². The quantitative estimate of drug-likeness (QED) is 0.171. The van der Waals surface area contributed by atoms with Gasteiger partial charge in [0.25, 0.3) is 5.56 Å². The number of thioether (sulfide) groups is 1. The third kappa shape index (κ3) is 5.03. The fraction of sp³-hybridized carbons (Fsp3) is 0.207. The molecule has 0 fully saturated rings. The average Bonchev–Trinajstić information content (AvgIpc) is 3.35. The van der Waals surface area contributed by atoms with Gasteiger partial charge in [-0.15, -0.1) is 0 Å². The van der Waals surface area contributed by atoms with Gasteiger partial charge in [-0.3, -0.25) is 9.36 Å². The summed E-state index contributed by atoms with van der Waals surface area (Å²) in [4.78, 5) is 23.3. The lowest BCUT2D eigenvalue weighted by Crippen LogP contribution is -2.22. The minimum atomic E-state index is -0.197. The summed E-state index contributed by atoms with van der Waals surface area (Å²) in [7, 11) is 6.29. The summed E-state index contributed by atoms with van der Waals surface area (Å²) in [6, 6.07) is 18.1. The van der Waals surface area contributed by atoms with E-state index in [1.165, 1.54) is 11.8 Å². The van der Waals surface area contributed by atoms with Crippen molar-refractivity contribution in [1.82, 2.24) is 14.5 Å². The van der Waals surface area contributed by atoms with E-state index in [0.29, 0.717) is 67.7 Å². The third-order valence-corrected chi connectivity index (χ3v) is 7.15. The summed E-state index contributed by atoms with van der Waals surface area (Å²) in [6.07, 6.45) is 0. The van der Waals surface area contributed by atoms with Crippen molar-refractivity contribution in [2.24, 2.45) is 0 Å². The molecule has 0 N–H and O–H groups in total. The first-order valence-electron chi connectivity index (χ1n) is 12.0. The molecule has 9 nitrogen and oxygen atoms in total. The Labute approximate surface area is 229 Å². The molecule has 0 unspecified atom stereocenters. The van der Waals surface area contributed by atoms with Crippen LogP contribution in [0, 0.1) is 6.92 Å². The van der Waals surface area contributed by atoms with Gasteiger partial charge in [-0.05, 0) is 31.2 Å². The molecule has 0 aliphatic carbocycles. The first-order chi connectivity index (χ1) is 19.0. The predicted octanol–water partition coefficient (Wildman–Crippen LogP) is 5.68. The molecule has 5 aromatic rings. The molecule has 200 valence electrons. The van der Waals surface area contributed by atoms with Gasteiger partial charge in [0.05, 0.1) is 56.3 Å². The fourth-order valence-corrected chi connectivity index (χ4v) is 5.24. The Morgan fingerprint density at radius 3 is 2.31 bits per heavy atom. The Hall–Kier alpha value is -4.44. The van der Waals surface area contributed by atoms with Gasteiger partial charge in [0.2, 0.25) is 5.89 Å². The highest BCUT2D eigenvalue weighted by Crippen LogP contribution is 2.38. The molecule has 2 aromatic heterocycles. The smallest absolute Gasteiger partial charge is 0.266 e. The Bertz CT molecular complexity index is 1690. The highest BCUT2D eigenvalue weighted by Gasteiger charge is 2.20. The van der Waals surface area contributed by atoms with Gasteiger partial charge in [-0.1, -0.05) is 30.0 Å². The van der Waals surface area contributed by atoms with Crippen LogP contribution < -0.4 is 24.5 Å². The summed E-state index contributed by atoms with van der Waals surface area (Å²) in [5.74, 6) is 3.72. The van der Waals surface area contributed by atoms with Crippen LogP contribution in [0.5, 0.6) is 23.0 Å². The number of rotatable bonds is 9. The number of ether oxygens (including phenoxy) is 4. The average molecular weight is 546 g/mol. The standard InChI is InChI=1S/C29H27N3O6S/c1-17-24(30-27(38-17)22-10-8-12-25(36-4)26(22)37-5)16-39-29-31-23-11-7-6-9-21(23)28(33)32(29)18-13-19(34-2)15-20(14-18)35-3/h6-15H,16H2,1-5H3. The van der Waals surface area contributed by atoms with Crippen molar-refractivity contribution < 1.29 is 23.4 Å². The number of hydrogen-bond acceptors (Lipinski definition) is 9. The van der Waals surface area contributed by atoms with Crippen molar-refractivity contribution in [3.8, 4) is 40.1 Å². The number of oxazole rings is 1. The number of para-hydroxylation sites is 2. The molecule has 0 bridgehead atoms. The Balaban J connectivity index is 1.57. The third-order valence-electron chi connectivity index (χ3n) is 6.20. The fourth-order valence-electron chi connectivity index (χ4n) is 4.22. The van der Waals surface area contributed by atoms with Gasteiger partial charge in [0, 0.05) is 24.0 Å². The zero-order valence-corrected chi connectivity index (χ0v) is 23.0. The lowest BCUT2D eigenvalue weighted by Gasteiger charge is -2.15. The topological polar surface area (TPSA) is 97.8 Å². The van der Waals surface area contributed by atoms with Crippen LogP contribution in [0.15, 0.2) is 75.0 Å². The van der Waals surface area contributed by atoms with Crippen LogP contribution >= 0.6 is 11.8 Å². The van der Waals surface area contributed by atoms with E-state index < -0.39 is 0 Å². The maximum atomic E-state index is 13.7. The molecule has 0 spiro atoms. The van der Waals surface area contributed by atoms with E-state index in [2.05, 4.69) is 0 Å². The van der Waals surface area contributed by atoms with E-state index in [0.717, 1.165) is 5.69 Å². The van der Waals surface area contributed by atoms with Crippen molar-refractivity contribution in [3.05, 3.63) is 82.5 Å². The van der Waals surface area contributed by atoms with Crippen molar-refractivity contribution in [1.29, 1.82) is 0 Å². The maximum absolute atomic E-state index is 13.7. The van der Waals surface area contributed by atoms with Crippen molar-refractivity contribution in [3.63, 3.8) is 0 Å². The molecule has 0 radical (unpaired) electrons. The van der Waals surface area contributed by atoms with Gasteiger partial charge in [0.15, 0.2) is 16.7 Å². The predicted molar refractivity (Wildman–Crippen MR) is 150 cm³/mol. The number of hydrogen-bond donors (Lipinski definition) is 0. The summed E-state index contributed by atoms with van der Waals surface area (Å²) in [6.45, 7) is 1.85. The number of nitrogens with zero attached hydrogens (tertiary/aromatic N) is 3. The number of fused-ring (bicyclic) bond motifs is 1. The minimum absolute atomic E-state index is 0.197. The Morgan fingerprint density at radius 2 is 1.62 bits per heavy atom. The van der Waals surface area contributed by atoms with E-state index in [1.54, 1.807) is 57.3 Å². The highest BCUT2D eigenvalue weighted by atomic mass is 32.2.